The zero-order valence-electron chi connectivity index (χ0n) is 16.4. The number of amides is 2. The van der Waals surface area contributed by atoms with E-state index in [2.05, 4.69) is 17.6 Å². The van der Waals surface area contributed by atoms with Gasteiger partial charge in [-0.25, -0.2) is 0 Å². The Hall–Kier alpha value is -2.82. The highest BCUT2D eigenvalue weighted by Crippen LogP contribution is 2.15. The van der Waals surface area contributed by atoms with Crippen LogP contribution in [0.1, 0.15) is 43.6 Å². The van der Waals surface area contributed by atoms with Crippen LogP contribution >= 0.6 is 0 Å². The van der Waals surface area contributed by atoms with Gasteiger partial charge < -0.3 is 15.4 Å². The van der Waals surface area contributed by atoms with E-state index >= 15 is 0 Å². The summed E-state index contributed by atoms with van der Waals surface area (Å²) in [4.78, 5) is 25.3. The summed E-state index contributed by atoms with van der Waals surface area (Å²) in [6.07, 6.45) is 0.895. The topological polar surface area (TPSA) is 67.4 Å². The summed E-state index contributed by atoms with van der Waals surface area (Å²) in [5.74, 6) is 0.153. The predicted octanol–water partition coefficient (Wildman–Crippen LogP) is 4.04. The van der Waals surface area contributed by atoms with E-state index in [-0.39, 0.29) is 17.7 Å². The van der Waals surface area contributed by atoms with Gasteiger partial charge in [-0.1, -0.05) is 32.9 Å². The number of anilines is 1. The number of nitrogens with one attached hydrogen (secondary N) is 2. The van der Waals surface area contributed by atoms with Gasteiger partial charge in [-0.3, -0.25) is 9.59 Å². The molecule has 0 radical (unpaired) electrons. The molecule has 5 nitrogen and oxygen atoms in total. The van der Waals surface area contributed by atoms with Crippen LogP contribution in [-0.4, -0.2) is 24.5 Å². The van der Waals surface area contributed by atoms with Crippen molar-refractivity contribution in [3.8, 4) is 5.75 Å². The lowest BCUT2D eigenvalue weighted by molar-refractivity contribution is -0.118. The lowest BCUT2D eigenvalue weighted by Crippen LogP contribution is -2.47. The number of benzene rings is 2. The molecule has 27 heavy (non-hydrogen) atoms. The van der Waals surface area contributed by atoms with Crippen molar-refractivity contribution >= 4 is 17.5 Å². The maximum absolute atomic E-state index is 12.7. The van der Waals surface area contributed by atoms with Crippen LogP contribution in [0.15, 0.2) is 48.5 Å². The molecule has 2 aromatic rings. The highest BCUT2D eigenvalue weighted by molar-refractivity contribution is 6.01. The first-order chi connectivity index (χ1) is 12.9. The van der Waals surface area contributed by atoms with Gasteiger partial charge in [0.2, 0.25) is 5.91 Å². The summed E-state index contributed by atoms with van der Waals surface area (Å²) in [7, 11) is 0. The van der Waals surface area contributed by atoms with Crippen LogP contribution in [0.2, 0.25) is 0 Å². The molecule has 0 unspecified atom stereocenters. The van der Waals surface area contributed by atoms with E-state index in [9.17, 15) is 9.59 Å². The average Bonchev–Trinajstić information content (AvgIpc) is 2.66. The summed E-state index contributed by atoms with van der Waals surface area (Å²) in [6.45, 7) is 8.36. The second kappa shape index (κ2) is 9.76. The first kappa shape index (κ1) is 20.5. The van der Waals surface area contributed by atoms with Crippen molar-refractivity contribution in [1.29, 1.82) is 0 Å². The molecule has 144 valence electrons. The van der Waals surface area contributed by atoms with E-state index in [0.29, 0.717) is 17.9 Å². The second-order valence-corrected chi connectivity index (χ2v) is 6.70. The normalized spacial score (nSPS) is 11.7. The number of aryl methyl sites for hydroxylation is 1. The first-order valence-electron chi connectivity index (χ1n) is 9.38. The van der Waals surface area contributed by atoms with E-state index < -0.39 is 6.04 Å². The Morgan fingerprint density at radius 3 is 2.33 bits per heavy atom. The minimum absolute atomic E-state index is 0.0500. The zero-order valence-corrected chi connectivity index (χ0v) is 16.4. The van der Waals surface area contributed by atoms with Crippen LogP contribution in [-0.2, 0) is 11.2 Å². The molecule has 5 heteroatoms. The molecule has 0 aliphatic carbocycles. The smallest absolute Gasteiger partial charge is 0.251 e. The highest BCUT2D eigenvalue weighted by atomic mass is 16.5. The molecule has 2 rings (SSSR count). The van der Waals surface area contributed by atoms with Crippen molar-refractivity contribution in [1.82, 2.24) is 5.32 Å². The predicted molar refractivity (Wildman–Crippen MR) is 108 cm³/mol. The minimum Gasteiger partial charge on any atom is -0.494 e. The summed E-state index contributed by atoms with van der Waals surface area (Å²) >= 11 is 0. The molecular formula is C22H28N2O3. The summed E-state index contributed by atoms with van der Waals surface area (Å²) in [6, 6.07) is 14.0. The lowest BCUT2D eigenvalue weighted by atomic mass is 10.0. The summed E-state index contributed by atoms with van der Waals surface area (Å²) in [5, 5.41) is 5.75. The number of hydrogen-bond donors (Lipinski definition) is 2. The zero-order chi connectivity index (χ0) is 19.8. The van der Waals surface area contributed by atoms with Gasteiger partial charge in [-0.05, 0) is 61.2 Å². The Labute approximate surface area is 161 Å². The van der Waals surface area contributed by atoms with E-state index in [1.807, 2.05) is 45.0 Å². The van der Waals surface area contributed by atoms with Crippen LogP contribution in [0.3, 0.4) is 0 Å². The maximum atomic E-state index is 12.7. The van der Waals surface area contributed by atoms with Gasteiger partial charge in [-0.15, -0.1) is 0 Å². The third-order valence-corrected chi connectivity index (χ3v) is 4.27. The van der Waals surface area contributed by atoms with Crippen molar-refractivity contribution in [2.45, 2.75) is 40.2 Å². The minimum atomic E-state index is -0.630. The SMILES string of the molecule is CCOc1ccc(C(=O)N[C@H](C(=O)Nc2cccc(CC)c2)C(C)C)cc1. The van der Waals surface area contributed by atoms with Crippen molar-refractivity contribution in [2.24, 2.45) is 5.92 Å². The van der Waals surface area contributed by atoms with E-state index in [0.717, 1.165) is 17.7 Å². The average molecular weight is 368 g/mol. The molecule has 0 heterocycles. The van der Waals surface area contributed by atoms with E-state index in [1.54, 1.807) is 24.3 Å². The fraction of sp³-hybridized carbons (Fsp3) is 0.364. The van der Waals surface area contributed by atoms with Gasteiger partial charge in [0.25, 0.3) is 5.91 Å². The summed E-state index contributed by atoms with van der Waals surface area (Å²) in [5.41, 5.74) is 2.37. The van der Waals surface area contributed by atoms with Crippen molar-refractivity contribution < 1.29 is 14.3 Å². The number of rotatable bonds is 8. The largest absolute Gasteiger partial charge is 0.494 e. The van der Waals surface area contributed by atoms with E-state index in [1.165, 1.54) is 0 Å². The molecule has 0 aromatic heterocycles. The Kier molecular flexibility index (Phi) is 7.41. The fourth-order valence-electron chi connectivity index (χ4n) is 2.72. The third kappa shape index (κ3) is 5.84. The van der Waals surface area contributed by atoms with Crippen molar-refractivity contribution in [3.05, 3.63) is 59.7 Å². The Morgan fingerprint density at radius 2 is 1.74 bits per heavy atom. The molecule has 0 saturated carbocycles. The maximum Gasteiger partial charge on any atom is 0.251 e. The fourth-order valence-corrected chi connectivity index (χ4v) is 2.72. The van der Waals surface area contributed by atoms with Crippen LogP contribution in [0.5, 0.6) is 5.75 Å². The quantitative estimate of drug-likeness (QED) is 0.739. The third-order valence-electron chi connectivity index (χ3n) is 4.27. The van der Waals surface area contributed by atoms with Crippen LogP contribution in [0, 0.1) is 5.92 Å². The molecule has 0 aliphatic heterocycles. The van der Waals surface area contributed by atoms with E-state index in [4.69, 9.17) is 4.74 Å². The lowest BCUT2D eigenvalue weighted by Gasteiger charge is -2.22. The molecule has 2 aromatic carbocycles. The van der Waals surface area contributed by atoms with Crippen LogP contribution < -0.4 is 15.4 Å². The number of hydrogen-bond acceptors (Lipinski definition) is 3. The van der Waals surface area contributed by atoms with Gasteiger partial charge in [0.15, 0.2) is 0 Å². The number of carbonyl (C=O) groups excluding carboxylic acids is 2. The van der Waals surface area contributed by atoms with Gasteiger partial charge in [0.05, 0.1) is 6.61 Å². The Balaban J connectivity index is 2.07. The Morgan fingerprint density at radius 1 is 1.04 bits per heavy atom. The van der Waals surface area contributed by atoms with Gasteiger partial charge >= 0.3 is 0 Å². The van der Waals surface area contributed by atoms with Gasteiger partial charge in [-0.2, -0.15) is 0 Å². The summed E-state index contributed by atoms with van der Waals surface area (Å²) < 4.78 is 5.39. The molecule has 0 bridgehead atoms. The monoisotopic (exact) mass is 368 g/mol. The van der Waals surface area contributed by atoms with Gasteiger partial charge in [0, 0.05) is 11.3 Å². The van der Waals surface area contributed by atoms with Crippen molar-refractivity contribution in [3.63, 3.8) is 0 Å². The molecule has 0 saturated heterocycles. The molecule has 2 amide bonds. The molecule has 0 aliphatic rings. The molecule has 2 N–H and O–H groups in total. The molecule has 0 spiro atoms. The van der Waals surface area contributed by atoms with Gasteiger partial charge in [0.1, 0.15) is 11.8 Å². The van der Waals surface area contributed by atoms with Crippen molar-refractivity contribution in [2.75, 3.05) is 11.9 Å². The van der Waals surface area contributed by atoms with Crippen LogP contribution in [0.25, 0.3) is 0 Å². The standard InChI is InChI=1S/C22H28N2O3/c1-5-16-8-7-9-18(14-16)23-22(26)20(15(3)4)24-21(25)17-10-12-19(13-11-17)27-6-2/h7-15,20H,5-6H2,1-4H3,(H,23,26)(H,24,25)/t20-/m0/s1. The van der Waals surface area contributed by atoms with Crippen LogP contribution in [0.4, 0.5) is 5.69 Å². The molecule has 1 atom stereocenters. The molecule has 0 fully saturated rings. The number of ether oxygens (including phenoxy) is 1. The number of carbonyl (C=O) groups is 2. The second-order valence-electron chi connectivity index (χ2n) is 6.70. The Bertz CT molecular complexity index is 769. The molecular weight excluding hydrogens is 340 g/mol. The first-order valence-corrected chi connectivity index (χ1v) is 9.38. The highest BCUT2D eigenvalue weighted by Gasteiger charge is 2.24.